The molecule has 2 N–H and O–H groups in total. The Morgan fingerprint density at radius 1 is 1.56 bits per heavy atom. The van der Waals surface area contributed by atoms with E-state index in [1.54, 1.807) is 13.8 Å². The van der Waals surface area contributed by atoms with E-state index < -0.39 is 11.7 Å². The number of aliphatic hydroxyl groups is 2. The molecule has 0 rings (SSSR count). The van der Waals surface area contributed by atoms with E-state index in [1.165, 1.54) is 7.11 Å². The fourth-order valence-corrected chi connectivity index (χ4v) is 0.356. The maximum absolute atomic E-state index is 9.01. The summed E-state index contributed by atoms with van der Waals surface area (Å²) in [6, 6.07) is 0. The maximum Gasteiger partial charge on any atom is 0.105 e. The summed E-state index contributed by atoms with van der Waals surface area (Å²) in [6.07, 6.45) is -0.803. The molecule has 0 heterocycles. The molecule has 0 amide bonds. The zero-order valence-corrected chi connectivity index (χ0v) is 6.09. The molecule has 0 aliphatic carbocycles. The van der Waals surface area contributed by atoms with Crippen LogP contribution in [0.3, 0.4) is 0 Å². The molecule has 0 saturated heterocycles. The minimum Gasteiger partial charge on any atom is -0.394 e. The highest BCUT2D eigenvalue weighted by Gasteiger charge is 2.25. The van der Waals surface area contributed by atoms with Crippen LogP contribution in [0, 0.1) is 0 Å². The zero-order chi connectivity index (χ0) is 7.49. The molecule has 3 heteroatoms. The van der Waals surface area contributed by atoms with Crippen molar-refractivity contribution in [1.29, 1.82) is 0 Å². The molecule has 0 fully saturated rings. The summed E-state index contributed by atoms with van der Waals surface area (Å²) in [5.74, 6) is 0. The highest BCUT2D eigenvalue weighted by Crippen LogP contribution is 2.12. The molecule has 0 spiro atoms. The summed E-state index contributed by atoms with van der Waals surface area (Å²) in [7, 11) is 1.50. The maximum atomic E-state index is 9.01. The Kier molecular flexibility index (Phi) is 3.11. The summed E-state index contributed by atoms with van der Waals surface area (Å²) < 4.78 is 4.88. The second-order valence-electron chi connectivity index (χ2n) is 2.51. The third-order valence-electron chi connectivity index (χ3n) is 1.50. The van der Waals surface area contributed by atoms with Gasteiger partial charge in [-0.05, 0) is 13.8 Å². The molecule has 3 nitrogen and oxygen atoms in total. The van der Waals surface area contributed by atoms with Gasteiger partial charge in [-0.2, -0.15) is 0 Å². The first kappa shape index (κ1) is 8.88. The van der Waals surface area contributed by atoms with Crippen molar-refractivity contribution < 1.29 is 14.9 Å². The first-order chi connectivity index (χ1) is 4.04. The van der Waals surface area contributed by atoms with Crippen molar-refractivity contribution in [1.82, 2.24) is 0 Å². The van der Waals surface area contributed by atoms with E-state index in [4.69, 9.17) is 14.9 Å². The van der Waals surface area contributed by atoms with Gasteiger partial charge in [0.15, 0.2) is 0 Å². The molecule has 9 heavy (non-hydrogen) atoms. The summed E-state index contributed by atoms with van der Waals surface area (Å²) >= 11 is 0. The standard InChI is InChI=1S/C6H14O3/c1-6(2,9-3)5(8)4-7/h5,7-8H,4H2,1-3H3. The Bertz CT molecular complexity index is 80.4. The van der Waals surface area contributed by atoms with Crippen LogP contribution in [-0.2, 0) is 4.74 Å². The monoisotopic (exact) mass is 134 g/mol. The summed E-state index contributed by atoms with van der Waals surface area (Å²) in [4.78, 5) is 0. The van der Waals surface area contributed by atoms with Crippen LogP contribution < -0.4 is 0 Å². The minimum atomic E-state index is -0.803. The number of hydrogen-bond donors (Lipinski definition) is 2. The van der Waals surface area contributed by atoms with Gasteiger partial charge in [0.25, 0.3) is 0 Å². The molecule has 0 radical (unpaired) electrons. The third kappa shape index (κ3) is 2.30. The van der Waals surface area contributed by atoms with Crippen molar-refractivity contribution in [2.45, 2.75) is 25.6 Å². The van der Waals surface area contributed by atoms with Gasteiger partial charge in [-0.1, -0.05) is 0 Å². The van der Waals surface area contributed by atoms with Gasteiger partial charge in [-0.25, -0.2) is 0 Å². The van der Waals surface area contributed by atoms with Gasteiger partial charge in [0.1, 0.15) is 6.10 Å². The van der Waals surface area contributed by atoms with Gasteiger partial charge in [-0.3, -0.25) is 0 Å². The van der Waals surface area contributed by atoms with Crippen molar-refractivity contribution in [2.24, 2.45) is 0 Å². The molecule has 0 bridgehead atoms. The van der Waals surface area contributed by atoms with Gasteiger partial charge >= 0.3 is 0 Å². The van der Waals surface area contributed by atoms with Crippen molar-refractivity contribution in [3.8, 4) is 0 Å². The Morgan fingerprint density at radius 3 is 2.11 bits per heavy atom. The fourth-order valence-electron chi connectivity index (χ4n) is 0.356. The van der Waals surface area contributed by atoms with Crippen LogP contribution in [0.2, 0.25) is 0 Å². The largest absolute Gasteiger partial charge is 0.394 e. The van der Waals surface area contributed by atoms with E-state index in [-0.39, 0.29) is 6.61 Å². The molecule has 0 aromatic rings. The molecule has 0 aliphatic heterocycles. The minimum absolute atomic E-state index is 0.263. The van der Waals surface area contributed by atoms with E-state index in [2.05, 4.69) is 0 Å². The van der Waals surface area contributed by atoms with Crippen LogP contribution in [-0.4, -0.2) is 35.6 Å². The van der Waals surface area contributed by atoms with Gasteiger partial charge in [-0.15, -0.1) is 0 Å². The third-order valence-corrected chi connectivity index (χ3v) is 1.50. The summed E-state index contributed by atoms with van der Waals surface area (Å²) in [6.45, 7) is 3.17. The van der Waals surface area contributed by atoms with Crippen LogP contribution in [0.5, 0.6) is 0 Å². The van der Waals surface area contributed by atoms with E-state index in [0.29, 0.717) is 0 Å². The molecular weight excluding hydrogens is 120 g/mol. The lowest BCUT2D eigenvalue weighted by molar-refractivity contribution is -0.0951. The first-order valence-electron chi connectivity index (χ1n) is 2.88. The highest BCUT2D eigenvalue weighted by molar-refractivity contribution is 4.76. The molecule has 56 valence electrons. The molecule has 0 aliphatic rings. The topological polar surface area (TPSA) is 49.7 Å². The molecule has 0 aromatic carbocycles. The Hall–Kier alpha value is -0.120. The lowest BCUT2D eigenvalue weighted by atomic mass is 10.0. The lowest BCUT2D eigenvalue weighted by Crippen LogP contribution is -2.40. The average molecular weight is 134 g/mol. The van der Waals surface area contributed by atoms with Crippen LogP contribution in [0.4, 0.5) is 0 Å². The molecule has 1 unspecified atom stereocenters. The predicted molar refractivity (Wildman–Crippen MR) is 34.2 cm³/mol. The van der Waals surface area contributed by atoms with Gasteiger partial charge in [0.2, 0.25) is 0 Å². The number of methoxy groups -OCH3 is 1. The average Bonchev–Trinajstić information content (AvgIpc) is 1.86. The van der Waals surface area contributed by atoms with Gasteiger partial charge in [0, 0.05) is 7.11 Å². The first-order valence-corrected chi connectivity index (χ1v) is 2.88. The molecular formula is C6H14O3. The molecule has 0 saturated carbocycles. The number of rotatable bonds is 3. The fraction of sp³-hybridized carbons (Fsp3) is 1.00. The van der Waals surface area contributed by atoms with Crippen molar-refractivity contribution in [3.05, 3.63) is 0 Å². The molecule has 0 aromatic heterocycles. The lowest BCUT2D eigenvalue weighted by Gasteiger charge is -2.27. The summed E-state index contributed by atoms with van der Waals surface area (Å²) in [5, 5.41) is 17.5. The van der Waals surface area contributed by atoms with E-state index in [9.17, 15) is 0 Å². The van der Waals surface area contributed by atoms with Gasteiger partial charge < -0.3 is 14.9 Å². The Morgan fingerprint density at radius 2 is 2.00 bits per heavy atom. The second kappa shape index (κ2) is 3.15. The van der Waals surface area contributed by atoms with Gasteiger partial charge in [0.05, 0.1) is 12.2 Å². The van der Waals surface area contributed by atoms with E-state index >= 15 is 0 Å². The quantitative estimate of drug-likeness (QED) is 0.560. The SMILES string of the molecule is COC(C)(C)C(O)CO. The summed E-state index contributed by atoms with van der Waals surface area (Å²) in [5.41, 5.74) is -0.644. The van der Waals surface area contributed by atoms with Crippen LogP contribution in [0.25, 0.3) is 0 Å². The van der Waals surface area contributed by atoms with Crippen molar-refractivity contribution >= 4 is 0 Å². The Labute approximate surface area is 55.3 Å². The van der Waals surface area contributed by atoms with Crippen LogP contribution >= 0.6 is 0 Å². The van der Waals surface area contributed by atoms with Crippen molar-refractivity contribution in [2.75, 3.05) is 13.7 Å². The predicted octanol–water partition coefficient (Wildman–Crippen LogP) is -0.235. The second-order valence-corrected chi connectivity index (χ2v) is 2.51. The van der Waals surface area contributed by atoms with Crippen molar-refractivity contribution in [3.63, 3.8) is 0 Å². The normalized spacial score (nSPS) is 15.7. The number of ether oxygens (including phenoxy) is 1. The number of hydrogen-bond acceptors (Lipinski definition) is 3. The number of aliphatic hydroxyl groups excluding tert-OH is 2. The molecule has 1 atom stereocenters. The van der Waals surface area contributed by atoms with Crippen LogP contribution in [0.1, 0.15) is 13.8 Å². The Balaban J connectivity index is 3.80. The zero-order valence-electron chi connectivity index (χ0n) is 6.09. The smallest absolute Gasteiger partial charge is 0.105 e. The highest BCUT2D eigenvalue weighted by atomic mass is 16.5. The van der Waals surface area contributed by atoms with Crippen LogP contribution in [0.15, 0.2) is 0 Å². The van der Waals surface area contributed by atoms with E-state index in [0.717, 1.165) is 0 Å². The van der Waals surface area contributed by atoms with E-state index in [1.807, 2.05) is 0 Å².